The molecular formula is C20H22N6O2. The number of rotatable bonds is 6. The number of nitrogen functional groups attached to an aromatic ring is 1. The summed E-state index contributed by atoms with van der Waals surface area (Å²) in [5.41, 5.74) is 9.08. The van der Waals surface area contributed by atoms with E-state index >= 15 is 0 Å². The number of aryl methyl sites for hydroxylation is 1. The van der Waals surface area contributed by atoms with E-state index in [1.165, 1.54) is 0 Å². The smallest absolute Gasteiger partial charge is 0.338 e. The van der Waals surface area contributed by atoms with E-state index in [4.69, 9.17) is 10.5 Å². The molecule has 3 N–H and O–H groups in total. The molecule has 0 unspecified atom stereocenters. The molecule has 0 saturated heterocycles. The van der Waals surface area contributed by atoms with Gasteiger partial charge >= 0.3 is 5.97 Å². The van der Waals surface area contributed by atoms with Gasteiger partial charge in [-0.05, 0) is 37.3 Å². The standard InChI is InChI=1S/C20H22N6O2/c1-13-7-9-15(10-8-13)22-20-24-17(23-19(21)25-20)12-28-18(27)14-5-4-6-16(11-14)26(2)3/h4-11H,12H2,1-3H3,(H3,21,22,23,24,25). The number of nitrogens with one attached hydrogen (secondary N) is 1. The van der Waals surface area contributed by atoms with E-state index in [0.717, 1.165) is 16.9 Å². The minimum Gasteiger partial charge on any atom is -0.454 e. The fraction of sp³-hybridized carbons (Fsp3) is 0.200. The van der Waals surface area contributed by atoms with Gasteiger partial charge in [-0.15, -0.1) is 0 Å². The van der Waals surface area contributed by atoms with Crippen LogP contribution in [0.15, 0.2) is 48.5 Å². The molecule has 0 saturated carbocycles. The van der Waals surface area contributed by atoms with Crippen LogP contribution in [0.4, 0.5) is 23.3 Å². The van der Waals surface area contributed by atoms with E-state index in [1.807, 2.05) is 56.3 Å². The number of carbonyl (C=O) groups excluding carboxylic acids is 1. The van der Waals surface area contributed by atoms with Gasteiger partial charge in [0.05, 0.1) is 5.56 Å². The van der Waals surface area contributed by atoms with Gasteiger partial charge in [0.25, 0.3) is 0 Å². The van der Waals surface area contributed by atoms with E-state index in [1.54, 1.807) is 18.2 Å². The highest BCUT2D eigenvalue weighted by Crippen LogP contribution is 2.16. The van der Waals surface area contributed by atoms with E-state index < -0.39 is 5.97 Å². The quantitative estimate of drug-likeness (QED) is 0.631. The van der Waals surface area contributed by atoms with Crippen molar-refractivity contribution in [1.82, 2.24) is 15.0 Å². The largest absolute Gasteiger partial charge is 0.454 e. The van der Waals surface area contributed by atoms with E-state index in [-0.39, 0.29) is 24.3 Å². The summed E-state index contributed by atoms with van der Waals surface area (Å²) >= 11 is 0. The summed E-state index contributed by atoms with van der Waals surface area (Å²) in [5.74, 6) is 0.136. The maximum atomic E-state index is 12.3. The van der Waals surface area contributed by atoms with Crippen molar-refractivity contribution in [3.63, 3.8) is 0 Å². The second-order valence-electron chi connectivity index (χ2n) is 6.45. The van der Waals surface area contributed by atoms with Crippen molar-refractivity contribution in [1.29, 1.82) is 0 Å². The SMILES string of the molecule is Cc1ccc(Nc2nc(N)nc(COC(=O)c3cccc(N(C)C)c3)n2)cc1. The lowest BCUT2D eigenvalue weighted by Crippen LogP contribution is -2.12. The summed E-state index contributed by atoms with van der Waals surface area (Å²) in [6.07, 6.45) is 0. The Kier molecular flexibility index (Phi) is 5.69. The van der Waals surface area contributed by atoms with Gasteiger partial charge in [0.15, 0.2) is 12.4 Å². The minimum absolute atomic E-state index is 0.0465. The molecule has 0 atom stereocenters. The van der Waals surface area contributed by atoms with Crippen molar-refractivity contribution in [3.8, 4) is 0 Å². The number of anilines is 4. The number of esters is 1. The molecule has 3 aromatic rings. The van der Waals surface area contributed by atoms with Gasteiger partial charge in [-0.25, -0.2) is 4.79 Å². The van der Waals surface area contributed by atoms with Gasteiger partial charge in [0, 0.05) is 25.5 Å². The summed E-state index contributed by atoms with van der Waals surface area (Å²) in [4.78, 5) is 26.6. The van der Waals surface area contributed by atoms with Crippen LogP contribution in [-0.2, 0) is 11.3 Å². The van der Waals surface area contributed by atoms with Gasteiger partial charge in [-0.1, -0.05) is 23.8 Å². The molecular weight excluding hydrogens is 356 g/mol. The number of hydrogen-bond acceptors (Lipinski definition) is 8. The molecule has 144 valence electrons. The Morgan fingerprint density at radius 1 is 1.11 bits per heavy atom. The predicted octanol–water partition coefficient (Wildman–Crippen LogP) is 2.93. The third-order valence-corrected chi connectivity index (χ3v) is 3.94. The van der Waals surface area contributed by atoms with Crippen LogP contribution in [0.2, 0.25) is 0 Å². The normalized spacial score (nSPS) is 10.4. The highest BCUT2D eigenvalue weighted by molar-refractivity contribution is 5.90. The Bertz CT molecular complexity index is 973. The fourth-order valence-electron chi connectivity index (χ4n) is 2.45. The average Bonchev–Trinajstić information content (AvgIpc) is 2.67. The zero-order valence-electron chi connectivity index (χ0n) is 16.0. The van der Waals surface area contributed by atoms with Gasteiger partial charge in [0.1, 0.15) is 0 Å². The molecule has 8 nitrogen and oxygen atoms in total. The summed E-state index contributed by atoms with van der Waals surface area (Å²) in [5, 5.41) is 3.06. The first-order chi connectivity index (χ1) is 13.4. The maximum Gasteiger partial charge on any atom is 0.338 e. The third-order valence-electron chi connectivity index (χ3n) is 3.94. The van der Waals surface area contributed by atoms with E-state index in [2.05, 4.69) is 20.3 Å². The van der Waals surface area contributed by atoms with Crippen LogP contribution in [-0.4, -0.2) is 35.0 Å². The highest BCUT2D eigenvalue weighted by atomic mass is 16.5. The molecule has 28 heavy (non-hydrogen) atoms. The molecule has 0 amide bonds. The molecule has 0 bridgehead atoms. The van der Waals surface area contributed by atoms with Gasteiger partial charge in [-0.2, -0.15) is 15.0 Å². The van der Waals surface area contributed by atoms with Crippen molar-refractivity contribution in [2.45, 2.75) is 13.5 Å². The molecule has 0 spiro atoms. The Morgan fingerprint density at radius 2 is 1.86 bits per heavy atom. The fourth-order valence-corrected chi connectivity index (χ4v) is 2.45. The van der Waals surface area contributed by atoms with Crippen LogP contribution < -0.4 is 16.0 Å². The van der Waals surface area contributed by atoms with Crippen LogP contribution in [0.1, 0.15) is 21.7 Å². The van der Waals surface area contributed by atoms with Crippen molar-refractivity contribution in [2.75, 3.05) is 30.0 Å². The number of aromatic nitrogens is 3. The molecule has 3 rings (SSSR count). The summed E-state index contributed by atoms with van der Waals surface area (Å²) < 4.78 is 5.33. The number of hydrogen-bond donors (Lipinski definition) is 2. The minimum atomic E-state index is -0.462. The van der Waals surface area contributed by atoms with Crippen molar-refractivity contribution in [2.24, 2.45) is 0 Å². The Balaban J connectivity index is 1.68. The summed E-state index contributed by atoms with van der Waals surface area (Å²) in [7, 11) is 3.81. The molecule has 0 fully saturated rings. The highest BCUT2D eigenvalue weighted by Gasteiger charge is 2.11. The Labute approximate surface area is 163 Å². The van der Waals surface area contributed by atoms with Crippen LogP contribution in [0, 0.1) is 6.92 Å². The van der Waals surface area contributed by atoms with Crippen LogP contribution in [0.25, 0.3) is 0 Å². The van der Waals surface area contributed by atoms with Crippen LogP contribution in [0.3, 0.4) is 0 Å². The Morgan fingerprint density at radius 3 is 2.57 bits per heavy atom. The van der Waals surface area contributed by atoms with Crippen molar-refractivity contribution < 1.29 is 9.53 Å². The first-order valence-electron chi connectivity index (χ1n) is 8.69. The molecule has 2 aromatic carbocycles. The van der Waals surface area contributed by atoms with Crippen LogP contribution in [0.5, 0.6) is 0 Å². The maximum absolute atomic E-state index is 12.3. The van der Waals surface area contributed by atoms with Crippen molar-refractivity contribution >= 4 is 29.2 Å². The third kappa shape index (κ3) is 4.94. The Hall–Kier alpha value is -3.68. The zero-order valence-corrected chi connectivity index (χ0v) is 16.0. The first kappa shape index (κ1) is 19.1. The number of carbonyl (C=O) groups is 1. The lowest BCUT2D eigenvalue weighted by Gasteiger charge is -2.13. The molecule has 0 radical (unpaired) electrons. The first-order valence-corrected chi connectivity index (χ1v) is 8.69. The van der Waals surface area contributed by atoms with Crippen LogP contribution >= 0.6 is 0 Å². The molecule has 0 aliphatic heterocycles. The summed E-state index contributed by atoms with van der Waals surface area (Å²) in [6.45, 7) is 1.89. The predicted molar refractivity (Wildman–Crippen MR) is 109 cm³/mol. The number of ether oxygens (including phenoxy) is 1. The van der Waals surface area contributed by atoms with Crippen molar-refractivity contribution in [3.05, 3.63) is 65.5 Å². The van der Waals surface area contributed by atoms with Gasteiger partial charge in [0.2, 0.25) is 11.9 Å². The molecule has 0 aliphatic rings. The van der Waals surface area contributed by atoms with E-state index in [0.29, 0.717) is 5.56 Å². The topological polar surface area (TPSA) is 106 Å². The van der Waals surface area contributed by atoms with Gasteiger partial charge in [-0.3, -0.25) is 0 Å². The molecule has 1 aromatic heterocycles. The second kappa shape index (κ2) is 8.34. The number of benzene rings is 2. The van der Waals surface area contributed by atoms with E-state index in [9.17, 15) is 4.79 Å². The average molecular weight is 378 g/mol. The monoisotopic (exact) mass is 378 g/mol. The van der Waals surface area contributed by atoms with Gasteiger partial charge < -0.3 is 20.7 Å². The lowest BCUT2D eigenvalue weighted by molar-refractivity contribution is 0.0462. The molecule has 8 heteroatoms. The lowest BCUT2D eigenvalue weighted by atomic mass is 10.2. The summed E-state index contributed by atoms with van der Waals surface area (Å²) in [6, 6.07) is 14.9. The number of nitrogens with two attached hydrogens (primary N) is 1. The molecule has 1 heterocycles. The number of nitrogens with zero attached hydrogens (tertiary/aromatic N) is 4. The zero-order chi connectivity index (χ0) is 20.1. The second-order valence-corrected chi connectivity index (χ2v) is 6.45. The molecule has 0 aliphatic carbocycles.